The molecule has 1 N–H and O–H groups in total. The number of nitrogens with zero attached hydrogens (tertiary/aromatic N) is 1. The number of sulfonamides is 1. The van der Waals surface area contributed by atoms with Crippen molar-refractivity contribution in [2.24, 2.45) is 0 Å². The van der Waals surface area contributed by atoms with Gasteiger partial charge in [0, 0.05) is 18.8 Å². The van der Waals surface area contributed by atoms with Crippen LogP contribution in [0.15, 0.2) is 53.4 Å². The molecule has 0 unspecified atom stereocenters. The SMILES string of the molecule is CCCOc1ccc(S(=O)(=O)Nc2ccc(CC(=O)N3CCOCC3)cc2)cc1. The molecule has 1 saturated heterocycles. The van der Waals surface area contributed by atoms with E-state index in [1.54, 1.807) is 41.3 Å². The van der Waals surface area contributed by atoms with Crippen LogP contribution >= 0.6 is 0 Å². The minimum atomic E-state index is -3.70. The minimum Gasteiger partial charge on any atom is -0.494 e. The third kappa shape index (κ3) is 5.95. The third-order valence-electron chi connectivity index (χ3n) is 4.53. The lowest BCUT2D eigenvalue weighted by Gasteiger charge is -2.26. The van der Waals surface area contributed by atoms with Crippen LogP contribution in [0.3, 0.4) is 0 Å². The van der Waals surface area contributed by atoms with Crippen molar-refractivity contribution in [2.75, 3.05) is 37.6 Å². The lowest BCUT2D eigenvalue weighted by atomic mass is 10.1. The molecule has 3 rings (SSSR count). The van der Waals surface area contributed by atoms with Crippen LogP contribution in [0.2, 0.25) is 0 Å². The zero-order valence-corrected chi connectivity index (χ0v) is 17.3. The molecule has 0 aromatic heterocycles. The van der Waals surface area contributed by atoms with Gasteiger partial charge < -0.3 is 14.4 Å². The summed E-state index contributed by atoms with van der Waals surface area (Å²) >= 11 is 0. The molecule has 2 aromatic carbocycles. The zero-order valence-electron chi connectivity index (χ0n) is 16.5. The fourth-order valence-corrected chi connectivity index (χ4v) is 4.00. The number of nitrogens with one attached hydrogen (secondary N) is 1. The number of benzene rings is 2. The topological polar surface area (TPSA) is 84.9 Å². The number of carbonyl (C=O) groups is 1. The number of ether oxygens (including phenoxy) is 2. The summed E-state index contributed by atoms with van der Waals surface area (Å²) in [5, 5.41) is 0. The maximum atomic E-state index is 12.6. The van der Waals surface area contributed by atoms with E-state index in [0.717, 1.165) is 12.0 Å². The predicted octanol–water partition coefficient (Wildman–Crippen LogP) is 2.68. The van der Waals surface area contributed by atoms with E-state index in [-0.39, 0.29) is 17.2 Å². The Labute approximate surface area is 171 Å². The molecule has 1 amide bonds. The second-order valence-electron chi connectivity index (χ2n) is 6.79. The normalized spacial score (nSPS) is 14.4. The van der Waals surface area contributed by atoms with Crippen molar-refractivity contribution < 1.29 is 22.7 Å². The Hall–Kier alpha value is -2.58. The van der Waals surface area contributed by atoms with Gasteiger partial charge in [-0.05, 0) is 48.4 Å². The van der Waals surface area contributed by atoms with Crippen molar-refractivity contribution in [1.82, 2.24) is 4.90 Å². The first-order valence-electron chi connectivity index (χ1n) is 9.68. The van der Waals surface area contributed by atoms with E-state index in [1.807, 2.05) is 6.92 Å². The smallest absolute Gasteiger partial charge is 0.261 e. The average molecular weight is 419 g/mol. The number of amides is 1. The molecular weight excluding hydrogens is 392 g/mol. The Morgan fingerprint density at radius 1 is 1.07 bits per heavy atom. The van der Waals surface area contributed by atoms with Crippen molar-refractivity contribution >= 4 is 21.6 Å². The molecule has 156 valence electrons. The predicted molar refractivity (Wildman–Crippen MR) is 111 cm³/mol. The molecule has 0 spiro atoms. The van der Waals surface area contributed by atoms with Crippen LogP contribution in [0.4, 0.5) is 5.69 Å². The molecule has 7 nitrogen and oxygen atoms in total. The van der Waals surface area contributed by atoms with Crippen molar-refractivity contribution in [3.63, 3.8) is 0 Å². The maximum absolute atomic E-state index is 12.6. The fraction of sp³-hybridized carbons (Fsp3) is 0.381. The number of anilines is 1. The molecule has 0 bridgehead atoms. The highest BCUT2D eigenvalue weighted by atomic mass is 32.2. The molecular formula is C21H26N2O5S. The van der Waals surface area contributed by atoms with Crippen LogP contribution in [-0.4, -0.2) is 52.1 Å². The van der Waals surface area contributed by atoms with Gasteiger partial charge in [0.05, 0.1) is 31.1 Å². The quantitative estimate of drug-likeness (QED) is 0.712. The van der Waals surface area contributed by atoms with E-state index in [0.29, 0.717) is 44.3 Å². The highest BCUT2D eigenvalue weighted by Gasteiger charge is 2.17. The summed E-state index contributed by atoms with van der Waals surface area (Å²) in [7, 11) is -3.70. The van der Waals surface area contributed by atoms with Gasteiger partial charge in [-0.25, -0.2) is 8.42 Å². The molecule has 29 heavy (non-hydrogen) atoms. The summed E-state index contributed by atoms with van der Waals surface area (Å²) in [4.78, 5) is 14.3. The van der Waals surface area contributed by atoms with Gasteiger partial charge >= 0.3 is 0 Å². The van der Waals surface area contributed by atoms with E-state index < -0.39 is 10.0 Å². The lowest BCUT2D eigenvalue weighted by molar-refractivity contribution is -0.134. The van der Waals surface area contributed by atoms with Gasteiger partial charge in [0.25, 0.3) is 10.0 Å². The van der Waals surface area contributed by atoms with Gasteiger partial charge in [-0.15, -0.1) is 0 Å². The Morgan fingerprint density at radius 3 is 2.34 bits per heavy atom. The minimum absolute atomic E-state index is 0.0482. The number of hydrogen-bond acceptors (Lipinski definition) is 5. The average Bonchev–Trinajstić information content (AvgIpc) is 2.74. The van der Waals surface area contributed by atoms with Crippen molar-refractivity contribution in [3.05, 3.63) is 54.1 Å². The number of hydrogen-bond donors (Lipinski definition) is 1. The summed E-state index contributed by atoms with van der Waals surface area (Å²) in [5.41, 5.74) is 1.28. The molecule has 2 aromatic rings. The fourth-order valence-electron chi connectivity index (χ4n) is 2.94. The number of carbonyl (C=O) groups excluding carboxylic acids is 1. The van der Waals surface area contributed by atoms with Gasteiger partial charge in [-0.2, -0.15) is 0 Å². The molecule has 1 fully saturated rings. The number of rotatable bonds is 8. The summed E-state index contributed by atoms with van der Waals surface area (Å²) in [6, 6.07) is 13.2. The summed E-state index contributed by atoms with van der Waals surface area (Å²) in [6.45, 7) is 4.95. The standard InChI is InChI=1S/C21H26N2O5S/c1-2-13-28-19-7-9-20(10-8-19)29(25,26)22-18-5-3-17(4-6-18)16-21(24)23-11-14-27-15-12-23/h3-10,22H,2,11-16H2,1H3. The van der Waals surface area contributed by atoms with E-state index in [1.165, 1.54) is 12.1 Å². The first kappa shape index (κ1) is 21.1. The molecule has 0 atom stereocenters. The molecule has 1 aliphatic rings. The van der Waals surface area contributed by atoms with E-state index in [2.05, 4.69) is 4.72 Å². The van der Waals surface area contributed by atoms with E-state index >= 15 is 0 Å². The first-order chi connectivity index (χ1) is 14.0. The Morgan fingerprint density at radius 2 is 1.72 bits per heavy atom. The Kier molecular flexibility index (Phi) is 7.11. The van der Waals surface area contributed by atoms with Crippen LogP contribution in [0, 0.1) is 0 Å². The molecule has 0 radical (unpaired) electrons. The van der Waals surface area contributed by atoms with E-state index in [4.69, 9.17) is 9.47 Å². The van der Waals surface area contributed by atoms with Crippen molar-refractivity contribution in [1.29, 1.82) is 0 Å². The van der Waals surface area contributed by atoms with Crippen LogP contribution in [0.1, 0.15) is 18.9 Å². The second kappa shape index (κ2) is 9.76. The highest BCUT2D eigenvalue weighted by Crippen LogP contribution is 2.20. The van der Waals surface area contributed by atoms with Crippen LogP contribution in [-0.2, 0) is 26.0 Å². The van der Waals surface area contributed by atoms with Gasteiger partial charge in [-0.1, -0.05) is 19.1 Å². The zero-order chi connectivity index (χ0) is 20.7. The molecule has 0 aliphatic carbocycles. The summed E-state index contributed by atoms with van der Waals surface area (Å²) in [5.74, 6) is 0.687. The number of morpholine rings is 1. The Balaban J connectivity index is 1.60. The summed E-state index contributed by atoms with van der Waals surface area (Å²) < 4.78 is 38.4. The molecule has 1 heterocycles. The maximum Gasteiger partial charge on any atom is 0.261 e. The van der Waals surface area contributed by atoms with Crippen molar-refractivity contribution in [3.8, 4) is 5.75 Å². The van der Waals surface area contributed by atoms with Gasteiger partial charge in [0.2, 0.25) is 5.91 Å². The van der Waals surface area contributed by atoms with Gasteiger partial charge in [0.15, 0.2) is 0 Å². The second-order valence-corrected chi connectivity index (χ2v) is 8.47. The molecule has 8 heteroatoms. The first-order valence-corrected chi connectivity index (χ1v) is 11.2. The van der Waals surface area contributed by atoms with Crippen LogP contribution in [0.25, 0.3) is 0 Å². The largest absolute Gasteiger partial charge is 0.494 e. The van der Waals surface area contributed by atoms with E-state index in [9.17, 15) is 13.2 Å². The molecule has 0 saturated carbocycles. The summed E-state index contributed by atoms with van der Waals surface area (Å²) in [6.07, 6.45) is 1.17. The van der Waals surface area contributed by atoms with Crippen LogP contribution < -0.4 is 9.46 Å². The Bertz CT molecular complexity index is 905. The van der Waals surface area contributed by atoms with Crippen molar-refractivity contribution in [2.45, 2.75) is 24.7 Å². The lowest BCUT2D eigenvalue weighted by Crippen LogP contribution is -2.41. The van der Waals surface area contributed by atoms with Gasteiger partial charge in [0.1, 0.15) is 5.75 Å². The third-order valence-corrected chi connectivity index (χ3v) is 5.93. The van der Waals surface area contributed by atoms with Crippen LogP contribution in [0.5, 0.6) is 5.75 Å². The highest BCUT2D eigenvalue weighted by molar-refractivity contribution is 7.92. The monoisotopic (exact) mass is 418 g/mol. The van der Waals surface area contributed by atoms with Gasteiger partial charge in [-0.3, -0.25) is 9.52 Å². The molecule has 1 aliphatic heterocycles.